The Kier molecular flexibility index (Phi) is 8.54. The number of nitriles is 1. The van der Waals surface area contributed by atoms with Crippen molar-refractivity contribution in [1.82, 2.24) is 14.5 Å². The summed E-state index contributed by atoms with van der Waals surface area (Å²) in [5.41, 5.74) is 3.34. The van der Waals surface area contributed by atoms with E-state index < -0.39 is 5.82 Å². The standard InChI is InChI=1S/C33H33FN4O5/c1-40-33(39)23-5-7-29-30(17-23)38(19-28-11-14-41-28)32(36-29)20-37-12-9-26(10-13-37)43-27-4-2-3-22(15-27)21-42-31-8-6-25(34)16-24(31)18-35/h2-8,15-17,26,28H,9-14,19-21H2,1H3. The Morgan fingerprint density at radius 1 is 1.12 bits per heavy atom. The molecule has 10 heteroatoms. The van der Waals surface area contributed by atoms with Gasteiger partial charge in [0, 0.05) is 19.7 Å². The number of fused-ring (bicyclic) bond motifs is 1. The number of nitrogens with zero attached hydrogens (tertiary/aromatic N) is 4. The molecular formula is C33H33FN4O5. The molecule has 0 aliphatic carbocycles. The third-order valence-electron chi connectivity index (χ3n) is 7.99. The highest BCUT2D eigenvalue weighted by Gasteiger charge is 2.26. The highest BCUT2D eigenvalue weighted by Crippen LogP contribution is 2.26. The molecule has 3 aromatic carbocycles. The first kappa shape index (κ1) is 28.6. The third kappa shape index (κ3) is 6.63. The lowest BCUT2D eigenvalue weighted by Gasteiger charge is -2.32. The Balaban J connectivity index is 1.07. The number of likely N-dealkylation sites (tertiary alicyclic amines) is 1. The van der Waals surface area contributed by atoms with Crippen molar-refractivity contribution in [3.63, 3.8) is 0 Å². The first-order valence-corrected chi connectivity index (χ1v) is 14.5. The van der Waals surface area contributed by atoms with Gasteiger partial charge >= 0.3 is 5.97 Å². The van der Waals surface area contributed by atoms with Gasteiger partial charge < -0.3 is 23.5 Å². The summed E-state index contributed by atoms with van der Waals surface area (Å²) in [6.07, 6.45) is 3.00. The summed E-state index contributed by atoms with van der Waals surface area (Å²) in [5.74, 6) is 1.24. The number of hydrogen-bond donors (Lipinski definition) is 0. The third-order valence-corrected chi connectivity index (χ3v) is 7.99. The molecular weight excluding hydrogens is 551 g/mol. The van der Waals surface area contributed by atoms with Crippen LogP contribution >= 0.6 is 0 Å². The van der Waals surface area contributed by atoms with Crippen LogP contribution in [-0.4, -0.2) is 59.4 Å². The zero-order chi connectivity index (χ0) is 29.8. The number of halogens is 1. The van der Waals surface area contributed by atoms with Gasteiger partial charge in [-0.15, -0.1) is 0 Å². The van der Waals surface area contributed by atoms with Crippen molar-refractivity contribution < 1.29 is 28.1 Å². The molecule has 4 aromatic rings. The van der Waals surface area contributed by atoms with E-state index in [9.17, 15) is 14.4 Å². The van der Waals surface area contributed by atoms with Crippen LogP contribution in [0.15, 0.2) is 60.7 Å². The maximum atomic E-state index is 13.4. The van der Waals surface area contributed by atoms with Gasteiger partial charge in [-0.1, -0.05) is 12.1 Å². The van der Waals surface area contributed by atoms with Gasteiger partial charge in [-0.05, 0) is 73.4 Å². The molecule has 2 aliphatic heterocycles. The summed E-state index contributed by atoms with van der Waals surface area (Å²) in [6.45, 7) is 4.15. The van der Waals surface area contributed by atoms with E-state index in [0.29, 0.717) is 24.4 Å². The lowest BCUT2D eigenvalue weighted by Crippen LogP contribution is -2.39. The van der Waals surface area contributed by atoms with E-state index in [1.54, 1.807) is 6.07 Å². The van der Waals surface area contributed by atoms with E-state index in [4.69, 9.17) is 23.9 Å². The monoisotopic (exact) mass is 584 g/mol. The van der Waals surface area contributed by atoms with Gasteiger partial charge in [0.2, 0.25) is 0 Å². The lowest BCUT2D eigenvalue weighted by molar-refractivity contribution is -0.0592. The molecule has 0 spiro atoms. The molecule has 0 N–H and O–H groups in total. The number of methoxy groups -OCH3 is 1. The van der Waals surface area contributed by atoms with E-state index in [0.717, 1.165) is 67.1 Å². The molecule has 43 heavy (non-hydrogen) atoms. The largest absolute Gasteiger partial charge is 0.490 e. The van der Waals surface area contributed by atoms with Gasteiger partial charge in [0.15, 0.2) is 0 Å². The van der Waals surface area contributed by atoms with E-state index >= 15 is 0 Å². The SMILES string of the molecule is COC(=O)c1ccc2nc(CN3CCC(Oc4cccc(COc5ccc(F)cc5C#N)c4)CC3)n(CC3CCO3)c2c1. The Morgan fingerprint density at radius 3 is 2.70 bits per heavy atom. The zero-order valence-electron chi connectivity index (χ0n) is 24.0. The van der Waals surface area contributed by atoms with Crippen molar-refractivity contribution in [3.05, 3.63) is 89.0 Å². The molecule has 3 heterocycles. The molecule has 1 aromatic heterocycles. The van der Waals surface area contributed by atoms with Crippen molar-refractivity contribution >= 4 is 17.0 Å². The van der Waals surface area contributed by atoms with Crippen molar-refractivity contribution in [2.75, 3.05) is 26.8 Å². The molecule has 0 amide bonds. The molecule has 0 radical (unpaired) electrons. The summed E-state index contributed by atoms with van der Waals surface area (Å²) in [5, 5.41) is 9.25. The van der Waals surface area contributed by atoms with Crippen LogP contribution in [0.4, 0.5) is 4.39 Å². The maximum Gasteiger partial charge on any atom is 0.337 e. The van der Waals surface area contributed by atoms with Gasteiger partial charge in [0.05, 0.1) is 48.5 Å². The Bertz CT molecular complexity index is 1650. The minimum absolute atomic E-state index is 0.0829. The summed E-state index contributed by atoms with van der Waals surface area (Å²) in [6, 6.07) is 19.1. The molecule has 222 valence electrons. The van der Waals surface area contributed by atoms with Crippen LogP contribution < -0.4 is 9.47 Å². The summed E-state index contributed by atoms with van der Waals surface area (Å²) in [7, 11) is 1.39. The number of imidazole rings is 1. The fourth-order valence-electron chi connectivity index (χ4n) is 5.54. The van der Waals surface area contributed by atoms with Gasteiger partial charge in [-0.25, -0.2) is 14.2 Å². The van der Waals surface area contributed by atoms with Crippen LogP contribution in [-0.2, 0) is 29.2 Å². The number of carbonyl (C=O) groups is 1. The first-order chi connectivity index (χ1) is 21.0. The number of carbonyl (C=O) groups excluding carboxylic acids is 1. The van der Waals surface area contributed by atoms with Crippen LogP contribution in [0.5, 0.6) is 11.5 Å². The quantitative estimate of drug-likeness (QED) is 0.233. The lowest BCUT2D eigenvalue weighted by atomic mass is 10.1. The molecule has 2 fully saturated rings. The van der Waals surface area contributed by atoms with Crippen LogP contribution in [0.1, 0.15) is 46.6 Å². The topological polar surface area (TPSA) is 98.8 Å². The van der Waals surface area contributed by atoms with Crippen molar-refractivity contribution in [3.8, 4) is 17.6 Å². The molecule has 6 rings (SSSR count). The summed E-state index contributed by atoms with van der Waals surface area (Å²) >= 11 is 0. The van der Waals surface area contributed by atoms with Crippen LogP contribution in [0.2, 0.25) is 0 Å². The van der Waals surface area contributed by atoms with Crippen LogP contribution in [0, 0.1) is 17.1 Å². The zero-order valence-corrected chi connectivity index (χ0v) is 24.0. The number of esters is 1. The average molecular weight is 585 g/mol. The number of piperidine rings is 1. The van der Waals surface area contributed by atoms with E-state index in [-0.39, 0.29) is 30.3 Å². The normalized spacial score (nSPS) is 17.3. The molecule has 1 unspecified atom stereocenters. The number of hydrogen-bond acceptors (Lipinski definition) is 8. The first-order valence-electron chi connectivity index (χ1n) is 14.5. The smallest absolute Gasteiger partial charge is 0.337 e. The predicted octanol–water partition coefficient (Wildman–Crippen LogP) is 5.24. The van der Waals surface area contributed by atoms with Gasteiger partial charge in [0.25, 0.3) is 0 Å². The Labute approximate surface area is 249 Å². The number of benzene rings is 3. The molecule has 0 bridgehead atoms. The molecule has 2 saturated heterocycles. The van der Waals surface area contributed by atoms with E-state index in [1.165, 1.54) is 25.3 Å². The Morgan fingerprint density at radius 2 is 1.95 bits per heavy atom. The summed E-state index contributed by atoms with van der Waals surface area (Å²) < 4.78 is 38.4. The number of ether oxygens (including phenoxy) is 4. The number of aromatic nitrogens is 2. The highest BCUT2D eigenvalue weighted by atomic mass is 19.1. The second-order valence-corrected chi connectivity index (χ2v) is 10.9. The van der Waals surface area contributed by atoms with E-state index in [2.05, 4.69) is 9.47 Å². The molecule has 2 aliphatic rings. The minimum atomic E-state index is -0.471. The predicted molar refractivity (Wildman–Crippen MR) is 156 cm³/mol. The van der Waals surface area contributed by atoms with Gasteiger partial charge in [-0.2, -0.15) is 5.26 Å². The van der Waals surface area contributed by atoms with Crippen LogP contribution in [0.3, 0.4) is 0 Å². The average Bonchev–Trinajstić information content (AvgIpc) is 3.34. The summed E-state index contributed by atoms with van der Waals surface area (Å²) in [4.78, 5) is 19.5. The van der Waals surface area contributed by atoms with E-state index in [1.807, 2.05) is 42.5 Å². The second-order valence-electron chi connectivity index (χ2n) is 10.9. The van der Waals surface area contributed by atoms with Crippen molar-refractivity contribution in [2.24, 2.45) is 0 Å². The molecule has 9 nitrogen and oxygen atoms in total. The molecule has 0 saturated carbocycles. The second kappa shape index (κ2) is 12.8. The number of rotatable bonds is 10. The minimum Gasteiger partial charge on any atom is -0.490 e. The fraction of sp³-hybridized carbons (Fsp3) is 0.364. The van der Waals surface area contributed by atoms with Crippen molar-refractivity contribution in [2.45, 2.75) is 51.2 Å². The Hall–Kier alpha value is -4.46. The maximum absolute atomic E-state index is 13.4. The van der Waals surface area contributed by atoms with Gasteiger partial charge in [-0.3, -0.25) is 4.90 Å². The van der Waals surface area contributed by atoms with Crippen LogP contribution in [0.25, 0.3) is 11.0 Å². The van der Waals surface area contributed by atoms with Crippen molar-refractivity contribution in [1.29, 1.82) is 5.26 Å². The molecule has 1 atom stereocenters. The fourth-order valence-corrected chi connectivity index (χ4v) is 5.54. The highest BCUT2D eigenvalue weighted by molar-refractivity contribution is 5.93. The van der Waals surface area contributed by atoms with Gasteiger partial charge in [0.1, 0.15) is 41.9 Å².